The molecule has 0 aromatic heterocycles. The summed E-state index contributed by atoms with van der Waals surface area (Å²) in [5.74, 6) is 0.318. The number of rotatable bonds is 4. The van der Waals surface area contributed by atoms with Gasteiger partial charge >= 0.3 is 0 Å². The van der Waals surface area contributed by atoms with Crippen LogP contribution >= 0.6 is 12.4 Å². The summed E-state index contributed by atoms with van der Waals surface area (Å²) in [4.78, 5) is 23.4. The fourth-order valence-corrected chi connectivity index (χ4v) is 2.38. The lowest BCUT2D eigenvalue weighted by atomic mass is 10.0. The fraction of sp³-hybridized carbons (Fsp3) is 0.467. The molecule has 3 N–H and O–H groups in total. The van der Waals surface area contributed by atoms with E-state index in [1.165, 1.54) is 14.0 Å². The van der Waals surface area contributed by atoms with Crippen molar-refractivity contribution in [3.05, 3.63) is 18.2 Å². The van der Waals surface area contributed by atoms with Gasteiger partial charge in [0.25, 0.3) is 0 Å². The zero-order chi connectivity index (χ0) is 15.2. The van der Waals surface area contributed by atoms with Crippen LogP contribution in [0.15, 0.2) is 18.2 Å². The van der Waals surface area contributed by atoms with Crippen LogP contribution in [0.3, 0.4) is 0 Å². The molecule has 2 amide bonds. The quantitative estimate of drug-likeness (QED) is 0.791. The topological polar surface area (TPSA) is 79.5 Å². The molecular formula is C15H22ClN3O3. The molecule has 1 unspecified atom stereocenters. The van der Waals surface area contributed by atoms with E-state index in [2.05, 4.69) is 16.0 Å². The summed E-state index contributed by atoms with van der Waals surface area (Å²) in [5.41, 5.74) is 1.18. The number of ether oxygens (including phenoxy) is 1. The van der Waals surface area contributed by atoms with Crippen LogP contribution in [-0.2, 0) is 9.59 Å². The van der Waals surface area contributed by atoms with E-state index in [4.69, 9.17) is 4.74 Å². The molecule has 1 fully saturated rings. The summed E-state index contributed by atoms with van der Waals surface area (Å²) in [6.07, 6.45) is 3.02. The number of hydrogen-bond acceptors (Lipinski definition) is 4. The molecule has 0 aliphatic carbocycles. The van der Waals surface area contributed by atoms with Crippen LogP contribution in [0, 0.1) is 0 Å². The lowest BCUT2D eigenvalue weighted by Crippen LogP contribution is -2.43. The predicted octanol–water partition coefficient (Wildman–Crippen LogP) is 2.16. The van der Waals surface area contributed by atoms with Gasteiger partial charge in [0.1, 0.15) is 5.75 Å². The highest BCUT2D eigenvalue weighted by Crippen LogP contribution is 2.28. The van der Waals surface area contributed by atoms with Gasteiger partial charge in [-0.3, -0.25) is 9.59 Å². The Morgan fingerprint density at radius 1 is 1.27 bits per heavy atom. The number of hydrogen-bond donors (Lipinski definition) is 3. The van der Waals surface area contributed by atoms with Crippen molar-refractivity contribution in [1.29, 1.82) is 0 Å². The minimum Gasteiger partial charge on any atom is -0.495 e. The van der Waals surface area contributed by atoms with Crippen LogP contribution in [0.5, 0.6) is 5.75 Å². The predicted molar refractivity (Wildman–Crippen MR) is 88.8 cm³/mol. The molecule has 1 aromatic carbocycles. The Kier molecular flexibility index (Phi) is 7.14. The van der Waals surface area contributed by atoms with E-state index in [1.807, 2.05) is 0 Å². The maximum atomic E-state index is 12.2. The number of amides is 2. The number of nitrogens with one attached hydrogen (secondary N) is 3. The first kappa shape index (κ1) is 18.3. The van der Waals surface area contributed by atoms with Gasteiger partial charge in [0, 0.05) is 12.6 Å². The van der Waals surface area contributed by atoms with Crippen molar-refractivity contribution in [3.8, 4) is 5.75 Å². The lowest BCUT2D eigenvalue weighted by molar-refractivity contribution is -0.118. The highest BCUT2D eigenvalue weighted by atomic mass is 35.5. The first-order valence-electron chi connectivity index (χ1n) is 7.10. The van der Waals surface area contributed by atoms with E-state index < -0.39 is 0 Å². The Labute approximate surface area is 136 Å². The smallest absolute Gasteiger partial charge is 0.241 e. The SMILES string of the molecule is COc1ccc(NC(=O)C2CCCCN2)cc1NC(C)=O.Cl. The zero-order valence-corrected chi connectivity index (χ0v) is 13.6. The number of anilines is 2. The van der Waals surface area contributed by atoms with Gasteiger partial charge in [0.15, 0.2) is 0 Å². The second-order valence-corrected chi connectivity index (χ2v) is 5.09. The maximum absolute atomic E-state index is 12.2. The molecule has 1 heterocycles. The number of piperidine rings is 1. The second kappa shape index (κ2) is 8.60. The van der Waals surface area contributed by atoms with E-state index >= 15 is 0 Å². The first-order valence-corrected chi connectivity index (χ1v) is 7.10. The third kappa shape index (κ3) is 4.89. The van der Waals surface area contributed by atoms with Crippen molar-refractivity contribution < 1.29 is 14.3 Å². The minimum absolute atomic E-state index is 0. The molecule has 0 saturated carbocycles. The van der Waals surface area contributed by atoms with Gasteiger partial charge in [0.05, 0.1) is 18.8 Å². The third-order valence-electron chi connectivity index (χ3n) is 3.40. The summed E-state index contributed by atoms with van der Waals surface area (Å²) >= 11 is 0. The maximum Gasteiger partial charge on any atom is 0.241 e. The van der Waals surface area contributed by atoms with Gasteiger partial charge in [-0.25, -0.2) is 0 Å². The molecule has 7 heteroatoms. The zero-order valence-electron chi connectivity index (χ0n) is 12.8. The molecule has 6 nitrogen and oxygen atoms in total. The Morgan fingerprint density at radius 3 is 2.64 bits per heavy atom. The lowest BCUT2D eigenvalue weighted by Gasteiger charge is -2.22. The summed E-state index contributed by atoms with van der Waals surface area (Å²) in [5, 5.41) is 8.76. The van der Waals surface area contributed by atoms with Crippen LogP contribution in [-0.4, -0.2) is 31.5 Å². The van der Waals surface area contributed by atoms with Gasteiger partial charge in [-0.2, -0.15) is 0 Å². The Hall–Kier alpha value is -1.79. The van der Waals surface area contributed by atoms with Crippen molar-refractivity contribution in [2.75, 3.05) is 24.3 Å². The van der Waals surface area contributed by atoms with Crippen molar-refractivity contribution in [2.45, 2.75) is 32.2 Å². The molecule has 1 aromatic rings. The number of methoxy groups -OCH3 is 1. The number of benzene rings is 1. The average Bonchev–Trinajstić information content (AvgIpc) is 2.48. The Balaban J connectivity index is 0.00000242. The first-order chi connectivity index (χ1) is 10.1. The highest BCUT2D eigenvalue weighted by molar-refractivity contribution is 5.97. The number of carbonyl (C=O) groups is 2. The standard InChI is InChI=1S/C15H21N3O3.ClH/c1-10(19)17-13-9-11(6-7-14(13)21-2)18-15(20)12-5-3-4-8-16-12;/h6-7,9,12,16H,3-5,8H2,1-2H3,(H,17,19)(H,18,20);1H. The highest BCUT2D eigenvalue weighted by Gasteiger charge is 2.20. The minimum atomic E-state index is -0.189. The van der Waals surface area contributed by atoms with Crippen molar-refractivity contribution in [2.24, 2.45) is 0 Å². The van der Waals surface area contributed by atoms with Crippen molar-refractivity contribution in [3.63, 3.8) is 0 Å². The third-order valence-corrected chi connectivity index (χ3v) is 3.40. The van der Waals surface area contributed by atoms with Gasteiger partial charge in [-0.05, 0) is 37.6 Å². The molecule has 1 aliphatic heterocycles. The van der Waals surface area contributed by atoms with Gasteiger partial charge in [-0.15, -0.1) is 12.4 Å². The number of halogens is 1. The van der Waals surface area contributed by atoms with E-state index in [1.54, 1.807) is 18.2 Å². The van der Waals surface area contributed by atoms with Crippen molar-refractivity contribution >= 4 is 35.6 Å². The molecular weight excluding hydrogens is 306 g/mol. The second-order valence-electron chi connectivity index (χ2n) is 5.09. The average molecular weight is 328 g/mol. The monoisotopic (exact) mass is 327 g/mol. The molecule has 0 bridgehead atoms. The normalized spacial score (nSPS) is 17.1. The van der Waals surface area contributed by atoms with Crippen molar-refractivity contribution in [1.82, 2.24) is 5.32 Å². The molecule has 0 spiro atoms. The van der Waals surface area contributed by atoms with Crippen LogP contribution in [0.25, 0.3) is 0 Å². The van der Waals surface area contributed by atoms with Crippen LogP contribution in [0.1, 0.15) is 26.2 Å². The largest absolute Gasteiger partial charge is 0.495 e. The molecule has 1 aliphatic rings. The molecule has 22 heavy (non-hydrogen) atoms. The van der Waals surface area contributed by atoms with Gasteiger partial charge in [-0.1, -0.05) is 6.42 Å². The van der Waals surface area contributed by atoms with Crippen LogP contribution in [0.4, 0.5) is 11.4 Å². The van der Waals surface area contributed by atoms with E-state index in [-0.39, 0.29) is 30.3 Å². The Bertz CT molecular complexity index is 531. The molecule has 1 atom stereocenters. The van der Waals surface area contributed by atoms with Crippen LogP contribution in [0.2, 0.25) is 0 Å². The number of carbonyl (C=O) groups excluding carboxylic acids is 2. The summed E-state index contributed by atoms with van der Waals surface area (Å²) in [7, 11) is 1.53. The van der Waals surface area contributed by atoms with E-state index in [0.717, 1.165) is 25.8 Å². The molecule has 2 rings (SSSR count). The summed E-state index contributed by atoms with van der Waals surface area (Å²) < 4.78 is 5.18. The van der Waals surface area contributed by atoms with Gasteiger partial charge in [0.2, 0.25) is 11.8 Å². The Morgan fingerprint density at radius 2 is 2.05 bits per heavy atom. The molecule has 122 valence electrons. The summed E-state index contributed by atoms with van der Waals surface area (Å²) in [6, 6.07) is 5.02. The van der Waals surface area contributed by atoms with E-state index in [0.29, 0.717) is 17.1 Å². The van der Waals surface area contributed by atoms with Crippen LogP contribution < -0.4 is 20.7 Å². The van der Waals surface area contributed by atoms with Gasteiger partial charge < -0.3 is 20.7 Å². The molecule has 0 radical (unpaired) electrons. The van der Waals surface area contributed by atoms with E-state index in [9.17, 15) is 9.59 Å². The fourth-order valence-electron chi connectivity index (χ4n) is 2.38. The molecule has 1 saturated heterocycles. The summed E-state index contributed by atoms with van der Waals surface area (Å²) in [6.45, 7) is 2.30.